The first-order chi connectivity index (χ1) is 13.6. The van der Waals surface area contributed by atoms with Crippen LogP contribution < -0.4 is 0 Å². The molecule has 0 unspecified atom stereocenters. The van der Waals surface area contributed by atoms with Crippen LogP contribution in [0.25, 0.3) is 0 Å². The monoisotopic (exact) mass is 386 g/mol. The molecule has 1 N–H and O–H groups in total. The van der Waals surface area contributed by atoms with E-state index in [0.717, 1.165) is 25.7 Å². The van der Waals surface area contributed by atoms with E-state index in [0.29, 0.717) is 12.4 Å². The first kappa shape index (κ1) is 21.0. The second kappa shape index (κ2) is 9.69. The number of unbranched alkanes of at least 4 members (excludes halogenated alkanes) is 3. The van der Waals surface area contributed by atoms with Crippen LogP contribution in [-0.2, 0) is 14.3 Å². The van der Waals surface area contributed by atoms with Crippen molar-refractivity contribution in [3.8, 4) is 0 Å². The zero-order valence-electron chi connectivity index (χ0n) is 17.2. The fourth-order valence-corrected chi connectivity index (χ4v) is 5.77. The van der Waals surface area contributed by atoms with E-state index < -0.39 is 0 Å². The lowest BCUT2D eigenvalue weighted by Crippen LogP contribution is -2.24. The molecule has 0 bridgehead atoms. The molecule has 2 fully saturated rings. The Kier molecular flexibility index (Phi) is 7.28. The third-order valence-corrected chi connectivity index (χ3v) is 6.90. The summed E-state index contributed by atoms with van der Waals surface area (Å²) in [7, 11) is 0. The zero-order valence-corrected chi connectivity index (χ0v) is 17.2. The number of hydrogen-bond donors (Lipinski definition) is 1. The number of esters is 1. The van der Waals surface area contributed by atoms with Gasteiger partial charge < -0.3 is 9.84 Å². The predicted molar refractivity (Wildman–Crippen MR) is 109 cm³/mol. The lowest BCUT2D eigenvalue weighted by atomic mass is 9.76. The lowest BCUT2D eigenvalue weighted by Gasteiger charge is -2.28. The van der Waals surface area contributed by atoms with Gasteiger partial charge in [-0.3, -0.25) is 9.59 Å². The SMILES string of the molecule is CCCCCC[C@@H]1C(=O)[C@@H]2[C@@H](CO)C[C@@H](COC(C)=O)[C@@H]2[C@H]1c1ccccc1. The Hall–Kier alpha value is -1.68. The Bertz CT molecular complexity index is 656. The second-order valence-electron chi connectivity index (χ2n) is 8.64. The summed E-state index contributed by atoms with van der Waals surface area (Å²) < 4.78 is 5.36. The molecule has 0 amide bonds. The molecule has 2 aliphatic rings. The first-order valence-electron chi connectivity index (χ1n) is 10.9. The number of hydrogen-bond acceptors (Lipinski definition) is 4. The maximum atomic E-state index is 13.5. The molecule has 1 aromatic carbocycles. The maximum Gasteiger partial charge on any atom is 0.302 e. The Morgan fingerprint density at radius 1 is 1.11 bits per heavy atom. The summed E-state index contributed by atoms with van der Waals surface area (Å²) in [4.78, 5) is 24.9. The van der Waals surface area contributed by atoms with E-state index in [1.165, 1.54) is 25.3 Å². The number of carbonyl (C=O) groups excluding carboxylic acids is 2. The highest BCUT2D eigenvalue weighted by Gasteiger charge is 2.58. The molecule has 0 heterocycles. The van der Waals surface area contributed by atoms with Crippen LogP contribution in [0.1, 0.15) is 63.9 Å². The number of aliphatic hydroxyl groups is 1. The normalized spacial score (nSPS) is 31.8. The summed E-state index contributed by atoms with van der Waals surface area (Å²) >= 11 is 0. The molecular weight excluding hydrogens is 352 g/mol. The minimum atomic E-state index is -0.277. The highest BCUT2D eigenvalue weighted by Crippen LogP contribution is 2.58. The summed E-state index contributed by atoms with van der Waals surface area (Å²) in [6.07, 6.45) is 6.31. The molecule has 154 valence electrons. The third-order valence-electron chi connectivity index (χ3n) is 6.90. The van der Waals surface area contributed by atoms with Crippen molar-refractivity contribution in [2.75, 3.05) is 13.2 Å². The summed E-state index contributed by atoms with van der Waals surface area (Å²) in [6.45, 7) is 4.02. The molecule has 0 aliphatic heterocycles. The number of ketones is 1. The van der Waals surface area contributed by atoms with Crippen LogP contribution >= 0.6 is 0 Å². The van der Waals surface area contributed by atoms with Crippen LogP contribution in [-0.4, -0.2) is 30.1 Å². The third kappa shape index (κ3) is 4.32. The van der Waals surface area contributed by atoms with Crippen molar-refractivity contribution in [2.24, 2.45) is 29.6 Å². The van der Waals surface area contributed by atoms with Crippen LogP contribution in [0.5, 0.6) is 0 Å². The van der Waals surface area contributed by atoms with Crippen molar-refractivity contribution < 1.29 is 19.4 Å². The molecule has 0 radical (unpaired) electrons. The number of carbonyl (C=O) groups is 2. The van der Waals surface area contributed by atoms with Crippen molar-refractivity contribution in [3.63, 3.8) is 0 Å². The van der Waals surface area contributed by atoms with Crippen LogP contribution in [0.3, 0.4) is 0 Å². The van der Waals surface area contributed by atoms with Gasteiger partial charge in [0.25, 0.3) is 0 Å². The number of fused-ring (bicyclic) bond motifs is 1. The predicted octanol–water partition coefficient (Wildman–Crippen LogP) is 4.36. The van der Waals surface area contributed by atoms with Crippen LogP contribution in [0.4, 0.5) is 0 Å². The summed E-state index contributed by atoms with van der Waals surface area (Å²) in [6, 6.07) is 10.4. The number of Topliss-reactive ketones (excluding diaryl/α,β-unsaturated/α-hetero) is 1. The van der Waals surface area contributed by atoms with E-state index in [2.05, 4.69) is 19.1 Å². The average molecular weight is 387 g/mol. The Morgan fingerprint density at radius 2 is 1.86 bits per heavy atom. The topological polar surface area (TPSA) is 63.6 Å². The summed E-state index contributed by atoms with van der Waals surface area (Å²) in [5, 5.41) is 9.96. The molecule has 6 atom stereocenters. The van der Waals surface area contributed by atoms with Crippen LogP contribution in [0, 0.1) is 29.6 Å². The van der Waals surface area contributed by atoms with E-state index in [4.69, 9.17) is 4.74 Å². The minimum Gasteiger partial charge on any atom is -0.466 e. The number of benzene rings is 1. The van der Waals surface area contributed by atoms with Gasteiger partial charge in [-0.2, -0.15) is 0 Å². The molecule has 3 rings (SSSR count). The van der Waals surface area contributed by atoms with E-state index in [1.807, 2.05) is 18.2 Å². The molecule has 2 aliphatic carbocycles. The Labute approximate surface area is 168 Å². The average Bonchev–Trinajstić information content (AvgIpc) is 3.20. The van der Waals surface area contributed by atoms with Crippen molar-refractivity contribution in [1.82, 2.24) is 0 Å². The highest BCUT2D eigenvalue weighted by atomic mass is 16.5. The Balaban J connectivity index is 1.89. The second-order valence-corrected chi connectivity index (χ2v) is 8.64. The molecule has 4 nitrogen and oxygen atoms in total. The molecule has 1 aromatic rings. The fourth-order valence-electron chi connectivity index (χ4n) is 5.77. The van der Waals surface area contributed by atoms with Crippen molar-refractivity contribution >= 4 is 11.8 Å². The zero-order chi connectivity index (χ0) is 20.1. The van der Waals surface area contributed by atoms with Crippen LogP contribution in [0.2, 0.25) is 0 Å². The van der Waals surface area contributed by atoms with Crippen molar-refractivity contribution in [3.05, 3.63) is 35.9 Å². The molecular formula is C24H34O4. The van der Waals surface area contributed by atoms with E-state index >= 15 is 0 Å². The van der Waals surface area contributed by atoms with E-state index in [-0.39, 0.29) is 48.1 Å². The van der Waals surface area contributed by atoms with Crippen molar-refractivity contribution in [1.29, 1.82) is 0 Å². The standard InChI is InChI=1S/C24H34O4/c1-3-4-5-9-12-20-21(17-10-7-6-8-11-17)22-19(15-28-16(2)26)13-18(14-25)23(22)24(20)27/h6-8,10-11,18-23,25H,3-5,9,12-15H2,1-2H3/t18-,19+,20+,21+,22-,23-/m1/s1. The summed E-state index contributed by atoms with van der Waals surface area (Å²) in [5.74, 6) is 0.418. The quantitative estimate of drug-likeness (QED) is 0.506. The molecule has 0 spiro atoms. The number of aliphatic hydroxyl groups excluding tert-OH is 1. The van der Waals surface area contributed by atoms with Gasteiger partial charge in [-0.1, -0.05) is 62.9 Å². The maximum absolute atomic E-state index is 13.5. The van der Waals surface area contributed by atoms with Gasteiger partial charge in [-0.15, -0.1) is 0 Å². The van der Waals surface area contributed by atoms with E-state index in [1.54, 1.807) is 0 Å². The van der Waals surface area contributed by atoms with Gasteiger partial charge in [0.1, 0.15) is 5.78 Å². The van der Waals surface area contributed by atoms with E-state index in [9.17, 15) is 14.7 Å². The highest BCUT2D eigenvalue weighted by molar-refractivity contribution is 5.88. The smallest absolute Gasteiger partial charge is 0.302 e. The number of rotatable bonds is 9. The Morgan fingerprint density at radius 3 is 2.50 bits per heavy atom. The number of ether oxygens (including phenoxy) is 1. The first-order valence-corrected chi connectivity index (χ1v) is 10.9. The van der Waals surface area contributed by atoms with Gasteiger partial charge in [0, 0.05) is 25.4 Å². The van der Waals surface area contributed by atoms with Crippen LogP contribution in [0.15, 0.2) is 30.3 Å². The van der Waals surface area contributed by atoms with Gasteiger partial charge in [0.05, 0.1) is 6.61 Å². The molecule has 4 heteroatoms. The van der Waals surface area contributed by atoms with Crippen molar-refractivity contribution in [2.45, 2.75) is 58.3 Å². The fraction of sp³-hybridized carbons (Fsp3) is 0.667. The van der Waals surface area contributed by atoms with Gasteiger partial charge in [0.2, 0.25) is 0 Å². The van der Waals surface area contributed by atoms with Gasteiger partial charge in [0.15, 0.2) is 0 Å². The molecule has 0 saturated heterocycles. The van der Waals surface area contributed by atoms with Gasteiger partial charge >= 0.3 is 5.97 Å². The lowest BCUT2D eigenvalue weighted by molar-refractivity contribution is -0.142. The largest absolute Gasteiger partial charge is 0.466 e. The van der Waals surface area contributed by atoms with Gasteiger partial charge in [-0.05, 0) is 42.1 Å². The molecule has 0 aromatic heterocycles. The molecule has 28 heavy (non-hydrogen) atoms. The summed E-state index contributed by atoms with van der Waals surface area (Å²) in [5.41, 5.74) is 1.22. The molecule has 2 saturated carbocycles. The van der Waals surface area contributed by atoms with Gasteiger partial charge in [-0.25, -0.2) is 0 Å². The minimum absolute atomic E-state index is 0.00934.